The van der Waals surface area contributed by atoms with Gasteiger partial charge in [-0.3, -0.25) is 4.79 Å². The Morgan fingerprint density at radius 1 is 1.56 bits per heavy atom. The molecule has 0 saturated carbocycles. The summed E-state index contributed by atoms with van der Waals surface area (Å²) in [5.74, 6) is 0.326. The minimum Gasteiger partial charge on any atom is -0.398 e. The molecule has 1 saturated heterocycles. The topological polar surface area (TPSA) is 64.3 Å². The lowest BCUT2D eigenvalue weighted by Crippen LogP contribution is -2.33. The molecule has 1 aliphatic heterocycles. The van der Waals surface area contributed by atoms with Crippen molar-refractivity contribution >= 4 is 11.6 Å². The molecule has 0 radical (unpaired) electrons. The minimum absolute atomic E-state index is 0.0990. The maximum atomic E-state index is 12.0. The van der Waals surface area contributed by atoms with Crippen LogP contribution in [0.2, 0.25) is 0 Å². The van der Waals surface area contributed by atoms with Crippen LogP contribution >= 0.6 is 0 Å². The molecule has 0 aliphatic carbocycles. The predicted molar refractivity (Wildman–Crippen MR) is 71.5 cm³/mol. The Bertz CT molecular complexity index is 426. The van der Waals surface area contributed by atoms with E-state index in [0.29, 0.717) is 23.7 Å². The van der Waals surface area contributed by atoms with Crippen LogP contribution in [0.1, 0.15) is 28.8 Å². The third kappa shape index (κ3) is 3.23. The lowest BCUT2D eigenvalue weighted by Gasteiger charge is -2.22. The van der Waals surface area contributed by atoms with E-state index in [2.05, 4.69) is 5.32 Å². The van der Waals surface area contributed by atoms with Gasteiger partial charge in [-0.1, -0.05) is 6.07 Å². The van der Waals surface area contributed by atoms with Crippen LogP contribution in [0.25, 0.3) is 0 Å². The number of carbonyl (C=O) groups is 1. The van der Waals surface area contributed by atoms with Crippen LogP contribution < -0.4 is 11.1 Å². The van der Waals surface area contributed by atoms with Crippen molar-refractivity contribution in [3.8, 4) is 0 Å². The first-order chi connectivity index (χ1) is 8.66. The molecule has 0 aromatic heterocycles. The van der Waals surface area contributed by atoms with Crippen molar-refractivity contribution in [2.45, 2.75) is 19.8 Å². The fraction of sp³-hybridized carbons (Fsp3) is 0.500. The number of nitrogens with two attached hydrogens (primary N) is 1. The number of aryl methyl sites for hydroxylation is 1. The first kappa shape index (κ1) is 12.9. The van der Waals surface area contributed by atoms with E-state index in [-0.39, 0.29) is 5.91 Å². The van der Waals surface area contributed by atoms with Crippen LogP contribution in [-0.4, -0.2) is 25.7 Å². The molecule has 1 heterocycles. The van der Waals surface area contributed by atoms with E-state index in [0.717, 1.165) is 31.6 Å². The van der Waals surface area contributed by atoms with Gasteiger partial charge in [0, 0.05) is 18.8 Å². The number of hydrogen-bond acceptors (Lipinski definition) is 3. The average Bonchev–Trinajstić information content (AvgIpc) is 2.37. The Morgan fingerprint density at radius 2 is 2.39 bits per heavy atom. The number of ether oxygens (including phenoxy) is 1. The van der Waals surface area contributed by atoms with Gasteiger partial charge in [0.05, 0.1) is 12.2 Å². The van der Waals surface area contributed by atoms with Crippen LogP contribution in [0.15, 0.2) is 18.2 Å². The average molecular weight is 248 g/mol. The predicted octanol–water partition coefficient (Wildman–Crippen LogP) is 1.73. The van der Waals surface area contributed by atoms with E-state index in [4.69, 9.17) is 10.5 Å². The van der Waals surface area contributed by atoms with E-state index in [1.54, 1.807) is 6.07 Å². The minimum atomic E-state index is -0.0990. The van der Waals surface area contributed by atoms with E-state index in [1.807, 2.05) is 19.1 Å². The van der Waals surface area contributed by atoms with Gasteiger partial charge in [-0.15, -0.1) is 0 Å². The van der Waals surface area contributed by atoms with Gasteiger partial charge in [0.25, 0.3) is 5.91 Å². The van der Waals surface area contributed by atoms with Crippen LogP contribution in [0, 0.1) is 12.8 Å². The van der Waals surface area contributed by atoms with Crippen molar-refractivity contribution in [2.75, 3.05) is 25.5 Å². The first-order valence-corrected chi connectivity index (χ1v) is 6.39. The zero-order valence-corrected chi connectivity index (χ0v) is 10.7. The fourth-order valence-electron chi connectivity index (χ4n) is 2.19. The van der Waals surface area contributed by atoms with E-state index < -0.39 is 0 Å². The summed E-state index contributed by atoms with van der Waals surface area (Å²) in [6, 6.07) is 5.49. The smallest absolute Gasteiger partial charge is 0.253 e. The molecule has 98 valence electrons. The lowest BCUT2D eigenvalue weighted by atomic mass is 10.0. The molecule has 4 heteroatoms. The first-order valence-electron chi connectivity index (χ1n) is 6.39. The van der Waals surface area contributed by atoms with Crippen molar-refractivity contribution in [3.05, 3.63) is 29.3 Å². The summed E-state index contributed by atoms with van der Waals surface area (Å²) in [7, 11) is 0. The largest absolute Gasteiger partial charge is 0.398 e. The molecule has 2 rings (SSSR count). The normalized spacial score (nSPS) is 19.5. The third-order valence-corrected chi connectivity index (χ3v) is 3.26. The highest BCUT2D eigenvalue weighted by atomic mass is 16.5. The monoisotopic (exact) mass is 248 g/mol. The highest BCUT2D eigenvalue weighted by Crippen LogP contribution is 2.15. The highest BCUT2D eigenvalue weighted by molar-refractivity contribution is 5.99. The van der Waals surface area contributed by atoms with Crippen molar-refractivity contribution in [1.29, 1.82) is 0 Å². The lowest BCUT2D eigenvalue weighted by molar-refractivity contribution is 0.0536. The molecule has 1 amide bonds. The number of rotatable bonds is 3. The number of carbonyl (C=O) groups excluding carboxylic acids is 1. The summed E-state index contributed by atoms with van der Waals surface area (Å²) < 4.78 is 5.38. The molecule has 1 atom stereocenters. The SMILES string of the molecule is Cc1ccc(C(=O)NCC2CCCOC2)c(N)c1. The van der Waals surface area contributed by atoms with Gasteiger partial charge in [-0.2, -0.15) is 0 Å². The van der Waals surface area contributed by atoms with Crippen molar-refractivity contribution in [3.63, 3.8) is 0 Å². The Hall–Kier alpha value is -1.55. The van der Waals surface area contributed by atoms with Crippen molar-refractivity contribution < 1.29 is 9.53 Å². The molecular weight excluding hydrogens is 228 g/mol. The molecule has 18 heavy (non-hydrogen) atoms. The molecule has 1 aliphatic rings. The van der Waals surface area contributed by atoms with Gasteiger partial charge < -0.3 is 15.8 Å². The summed E-state index contributed by atoms with van der Waals surface area (Å²) in [4.78, 5) is 12.0. The van der Waals surface area contributed by atoms with Gasteiger partial charge in [0.1, 0.15) is 0 Å². The van der Waals surface area contributed by atoms with Gasteiger partial charge in [-0.05, 0) is 43.4 Å². The van der Waals surface area contributed by atoms with Crippen molar-refractivity contribution in [1.82, 2.24) is 5.32 Å². The summed E-state index contributed by atoms with van der Waals surface area (Å²) in [5, 5.41) is 2.93. The molecule has 1 aromatic rings. The Balaban J connectivity index is 1.90. The molecule has 0 spiro atoms. The van der Waals surface area contributed by atoms with Gasteiger partial charge in [-0.25, -0.2) is 0 Å². The molecule has 4 nitrogen and oxygen atoms in total. The number of nitrogen functional groups attached to an aromatic ring is 1. The molecule has 1 unspecified atom stereocenters. The maximum absolute atomic E-state index is 12.0. The van der Waals surface area contributed by atoms with Crippen molar-refractivity contribution in [2.24, 2.45) is 5.92 Å². The second-order valence-electron chi connectivity index (χ2n) is 4.88. The molecular formula is C14H20N2O2. The molecule has 3 N–H and O–H groups in total. The van der Waals surface area contributed by atoms with Gasteiger partial charge >= 0.3 is 0 Å². The summed E-state index contributed by atoms with van der Waals surface area (Å²) >= 11 is 0. The van der Waals surface area contributed by atoms with Crippen LogP contribution in [0.3, 0.4) is 0 Å². The van der Waals surface area contributed by atoms with Crippen LogP contribution in [0.4, 0.5) is 5.69 Å². The second kappa shape index (κ2) is 5.87. The maximum Gasteiger partial charge on any atom is 0.253 e. The van der Waals surface area contributed by atoms with Crippen LogP contribution in [-0.2, 0) is 4.74 Å². The van der Waals surface area contributed by atoms with E-state index in [1.165, 1.54) is 0 Å². The Labute approximate surface area is 108 Å². The molecule has 1 fully saturated rings. The highest BCUT2D eigenvalue weighted by Gasteiger charge is 2.16. The summed E-state index contributed by atoms with van der Waals surface area (Å²) in [6.45, 7) is 4.20. The van der Waals surface area contributed by atoms with Gasteiger partial charge in [0.15, 0.2) is 0 Å². The standard InChI is InChI=1S/C14H20N2O2/c1-10-4-5-12(13(15)7-10)14(17)16-8-11-3-2-6-18-9-11/h4-5,7,11H,2-3,6,8-9,15H2,1H3,(H,16,17). The van der Waals surface area contributed by atoms with Gasteiger partial charge in [0.2, 0.25) is 0 Å². The molecule has 0 bridgehead atoms. The third-order valence-electron chi connectivity index (χ3n) is 3.26. The van der Waals surface area contributed by atoms with E-state index >= 15 is 0 Å². The summed E-state index contributed by atoms with van der Waals surface area (Å²) in [5.41, 5.74) is 7.99. The quantitative estimate of drug-likeness (QED) is 0.801. The summed E-state index contributed by atoms with van der Waals surface area (Å²) in [6.07, 6.45) is 2.19. The number of nitrogens with one attached hydrogen (secondary N) is 1. The number of benzene rings is 1. The Kier molecular flexibility index (Phi) is 4.20. The second-order valence-corrected chi connectivity index (χ2v) is 4.88. The Morgan fingerprint density at radius 3 is 3.06 bits per heavy atom. The van der Waals surface area contributed by atoms with E-state index in [9.17, 15) is 4.79 Å². The fourth-order valence-corrected chi connectivity index (χ4v) is 2.19. The molecule has 1 aromatic carbocycles. The number of amides is 1. The zero-order chi connectivity index (χ0) is 13.0. The number of anilines is 1. The number of hydrogen-bond donors (Lipinski definition) is 2. The zero-order valence-electron chi connectivity index (χ0n) is 10.7. The van der Waals surface area contributed by atoms with Crippen LogP contribution in [0.5, 0.6) is 0 Å².